The molecule has 0 amide bonds. The third-order valence-electron chi connectivity index (χ3n) is 7.24. The molecule has 0 aliphatic carbocycles. The normalized spacial score (nSPS) is 14.3. The summed E-state index contributed by atoms with van der Waals surface area (Å²) in [5.74, 6) is -0.297. The number of pyridine rings is 2. The smallest absolute Gasteiger partial charge is 0.378 e. The van der Waals surface area contributed by atoms with Crippen LogP contribution < -0.4 is 10.5 Å². The number of fused-ring (bicyclic) bond motifs is 1. The van der Waals surface area contributed by atoms with Crippen molar-refractivity contribution in [2.45, 2.75) is 41.0 Å². The van der Waals surface area contributed by atoms with Gasteiger partial charge in [0, 0.05) is 48.1 Å². The highest BCUT2D eigenvalue weighted by Crippen LogP contribution is 2.50. The summed E-state index contributed by atoms with van der Waals surface area (Å²) in [6, 6.07) is 10.0. The minimum Gasteiger partial charge on any atom is -0.378 e. The summed E-state index contributed by atoms with van der Waals surface area (Å²) in [6.45, 7) is 10.8. The lowest BCUT2D eigenvalue weighted by molar-refractivity contribution is 0.0768. The van der Waals surface area contributed by atoms with Gasteiger partial charge in [0.25, 0.3) is 5.56 Å². The number of ether oxygens (including phenoxy) is 1. The van der Waals surface area contributed by atoms with Gasteiger partial charge in [-0.05, 0) is 35.6 Å². The second-order valence-corrected chi connectivity index (χ2v) is 13.9. The largest absolute Gasteiger partial charge is 0.476 e. The fourth-order valence-electron chi connectivity index (χ4n) is 4.87. The number of halogens is 2. The Morgan fingerprint density at radius 3 is 2.40 bits per heavy atom. The molecule has 0 bridgehead atoms. The van der Waals surface area contributed by atoms with Crippen LogP contribution in [-0.2, 0) is 36.1 Å². The van der Waals surface area contributed by atoms with Crippen LogP contribution in [0.5, 0.6) is 0 Å². The molecule has 10 nitrogen and oxygen atoms in total. The molecule has 0 N–H and O–H groups in total. The van der Waals surface area contributed by atoms with Gasteiger partial charge in [0.1, 0.15) is 18.2 Å². The van der Waals surface area contributed by atoms with Gasteiger partial charge in [-0.1, -0.05) is 51.4 Å². The highest BCUT2D eigenvalue weighted by molar-refractivity contribution is 7.48. The Kier molecular flexibility index (Phi) is 10.8. The number of hydrogen-bond acceptors (Lipinski definition) is 8. The fourth-order valence-corrected chi connectivity index (χ4v) is 6.51. The molecule has 0 radical (unpaired) electrons. The highest BCUT2D eigenvalue weighted by Gasteiger charge is 2.29. The third kappa shape index (κ3) is 8.22. The van der Waals surface area contributed by atoms with Gasteiger partial charge in [0.05, 0.1) is 49.9 Å². The van der Waals surface area contributed by atoms with Crippen molar-refractivity contribution in [1.29, 1.82) is 0 Å². The monoisotopic (exact) mass is 660 g/mol. The van der Waals surface area contributed by atoms with Crippen LogP contribution in [-0.4, -0.2) is 53.6 Å². The molecule has 4 aromatic rings. The Hall–Kier alpha value is -3.05. The maximum atomic E-state index is 14.5. The number of morpholine rings is 1. The lowest BCUT2D eigenvalue weighted by Crippen LogP contribution is -2.36. The lowest BCUT2D eigenvalue weighted by Gasteiger charge is -2.28. The van der Waals surface area contributed by atoms with E-state index >= 15 is 0 Å². The summed E-state index contributed by atoms with van der Waals surface area (Å²) in [7, 11) is -3.88. The second kappa shape index (κ2) is 14.6. The van der Waals surface area contributed by atoms with E-state index in [1.54, 1.807) is 35.2 Å². The first-order chi connectivity index (χ1) is 21.5. The van der Waals surface area contributed by atoms with E-state index in [0.29, 0.717) is 30.0 Å². The molecule has 45 heavy (non-hydrogen) atoms. The molecule has 4 heterocycles. The van der Waals surface area contributed by atoms with E-state index in [2.05, 4.69) is 4.90 Å². The summed E-state index contributed by atoms with van der Waals surface area (Å²) < 4.78 is 53.9. The van der Waals surface area contributed by atoms with E-state index in [0.717, 1.165) is 29.7 Å². The minimum atomic E-state index is -3.88. The van der Waals surface area contributed by atoms with Crippen molar-refractivity contribution in [3.8, 4) is 11.1 Å². The van der Waals surface area contributed by atoms with Crippen LogP contribution in [0.15, 0.2) is 59.8 Å². The molecule has 0 atom stereocenters. The molecular formula is C32H39ClFN4O6P. The molecule has 1 aliphatic heterocycles. The lowest BCUT2D eigenvalue weighted by atomic mass is 10.1. The van der Waals surface area contributed by atoms with Crippen LogP contribution in [0.4, 0.5) is 10.1 Å². The van der Waals surface area contributed by atoms with Gasteiger partial charge in [0.2, 0.25) is 0 Å². The van der Waals surface area contributed by atoms with E-state index in [4.69, 9.17) is 34.9 Å². The molecule has 0 saturated carbocycles. The molecule has 0 unspecified atom stereocenters. The molecular weight excluding hydrogens is 622 g/mol. The zero-order valence-corrected chi connectivity index (χ0v) is 27.6. The first-order valence-corrected chi connectivity index (χ1v) is 16.9. The van der Waals surface area contributed by atoms with Crippen LogP contribution in [0.1, 0.15) is 33.3 Å². The Bertz CT molecular complexity index is 1720. The van der Waals surface area contributed by atoms with E-state index < -0.39 is 13.6 Å². The van der Waals surface area contributed by atoms with Crippen LogP contribution in [0.2, 0.25) is 5.02 Å². The summed E-state index contributed by atoms with van der Waals surface area (Å²) >= 11 is 5.94. The first kappa shape index (κ1) is 33.3. The minimum absolute atomic E-state index is 0.00419. The van der Waals surface area contributed by atoms with Crippen molar-refractivity contribution in [2.75, 3.05) is 44.4 Å². The maximum Gasteiger partial charge on any atom is 0.476 e. The van der Waals surface area contributed by atoms with Crippen LogP contribution in [0, 0.1) is 17.7 Å². The number of anilines is 1. The molecule has 0 spiro atoms. The molecule has 1 saturated heterocycles. The summed E-state index contributed by atoms with van der Waals surface area (Å²) in [5, 5.41) is 0.784. The van der Waals surface area contributed by atoms with Crippen LogP contribution in [0.3, 0.4) is 0 Å². The summed E-state index contributed by atoms with van der Waals surface area (Å²) in [6.07, 6.45) is 5.23. The predicted molar refractivity (Wildman–Crippen MR) is 173 cm³/mol. The maximum absolute atomic E-state index is 14.5. The van der Waals surface area contributed by atoms with E-state index in [1.807, 2.05) is 40.0 Å². The number of phosphoric ester groups is 1. The molecule has 1 aromatic carbocycles. The summed E-state index contributed by atoms with van der Waals surface area (Å²) in [5.41, 5.74) is 2.87. The van der Waals surface area contributed by atoms with Crippen molar-refractivity contribution < 1.29 is 27.3 Å². The standard InChI is InChI=1S/C32H39ClFN4O6P/c1-22(2)19-42-45(40,43-20-23(3)4)44-21-38-18-28(27-15-26(16-35-32(27)38)36-10-12-41-13-11-36)24-8-9-37(30(39)14-24)17-25-6-5-7-29(33)31(25)34/h5-9,14-16,18,22-23H,10-13,17,19-21H2,1-4H3. The zero-order valence-electron chi connectivity index (χ0n) is 25.9. The average Bonchev–Trinajstić information content (AvgIpc) is 3.39. The van der Waals surface area contributed by atoms with Crippen molar-refractivity contribution in [2.24, 2.45) is 11.8 Å². The van der Waals surface area contributed by atoms with E-state index in [-0.39, 0.29) is 48.9 Å². The quantitative estimate of drug-likeness (QED) is 0.142. The molecule has 1 aliphatic rings. The molecule has 13 heteroatoms. The van der Waals surface area contributed by atoms with E-state index in [9.17, 15) is 13.8 Å². The number of benzene rings is 1. The number of rotatable bonds is 13. The molecule has 242 valence electrons. The zero-order chi connectivity index (χ0) is 32.1. The third-order valence-corrected chi connectivity index (χ3v) is 8.90. The van der Waals surface area contributed by atoms with Gasteiger partial charge in [-0.15, -0.1) is 0 Å². The van der Waals surface area contributed by atoms with Crippen LogP contribution in [0.25, 0.3) is 22.2 Å². The Labute approximate surface area is 267 Å². The molecule has 5 rings (SSSR count). The Morgan fingerprint density at radius 1 is 1.02 bits per heavy atom. The van der Waals surface area contributed by atoms with Crippen molar-refractivity contribution in [3.05, 3.63) is 81.7 Å². The molecule has 1 fully saturated rings. The van der Waals surface area contributed by atoms with Gasteiger partial charge in [-0.25, -0.2) is 13.9 Å². The van der Waals surface area contributed by atoms with Gasteiger partial charge in [-0.2, -0.15) is 0 Å². The number of nitrogens with zero attached hydrogens (tertiary/aromatic N) is 4. The van der Waals surface area contributed by atoms with Gasteiger partial charge < -0.3 is 18.8 Å². The Balaban J connectivity index is 1.50. The summed E-state index contributed by atoms with van der Waals surface area (Å²) in [4.78, 5) is 20.2. The van der Waals surface area contributed by atoms with Gasteiger partial charge in [0.15, 0.2) is 0 Å². The Morgan fingerprint density at radius 2 is 1.73 bits per heavy atom. The van der Waals surface area contributed by atoms with Crippen LogP contribution >= 0.6 is 19.4 Å². The fraction of sp³-hybridized carbons (Fsp3) is 0.438. The first-order valence-electron chi connectivity index (χ1n) is 15.0. The second-order valence-electron chi connectivity index (χ2n) is 11.9. The topological polar surface area (TPSA) is 97.0 Å². The highest BCUT2D eigenvalue weighted by atomic mass is 35.5. The molecule has 3 aromatic heterocycles. The predicted octanol–water partition coefficient (Wildman–Crippen LogP) is 6.97. The van der Waals surface area contributed by atoms with Crippen molar-refractivity contribution in [3.63, 3.8) is 0 Å². The number of aromatic nitrogens is 3. The van der Waals surface area contributed by atoms with Gasteiger partial charge >= 0.3 is 7.82 Å². The SMILES string of the molecule is CC(C)COP(=O)(OCC(C)C)OCn1cc(-c2ccn(Cc3cccc(Cl)c3F)c(=O)c2)c2cc(N3CCOCC3)cnc21. The van der Waals surface area contributed by atoms with Crippen molar-refractivity contribution in [1.82, 2.24) is 14.1 Å². The van der Waals surface area contributed by atoms with Gasteiger partial charge in [-0.3, -0.25) is 18.4 Å². The van der Waals surface area contributed by atoms with Crippen molar-refractivity contribution >= 4 is 36.1 Å². The number of phosphoric acid groups is 1. The average molecular weight is 661 g/mol. The van der Waals surface area contributed by atoms with E-state index in [1.165, 1.54) is 16.7 Å². The number of hydrogen-bond donors (Lipinski definition) is 0.